The van der Waals surface area contributed by atoms with Gasteiger partial charge in [-0.05, 0) is 31.2 Å². The Hall–Kier alpha value is -1.93. The number of carbonyl (C=O) groups excluding carboxylic acids is 3. The first-order valence-corrected chi connectivity index (χ1v) is 11.2. The van der Waals surface area contributed by atoms with E-state index in [1.54, 1.807) is 11.4 Å². The van der Waals surface area contributed by atoms with Gasteiger partial charge in [-0.2, -0.15) is 0 Å². The third kappa shape index (κ3) is 4.91. The third-order valence-electron chi connectivity index (χ3n) is 6.07. The van der Waals surface area contributed by atoms with Gasteiger partial charge in [-0.1, -0.05) is 12.8 Å². The van der Waals surface area contributed by atoms with Crippen LogP contribution in [0.15, 0.2) is 11.4 Å². The number of hydrogen-bond acceptors (Lipinski definition) is 4. The second-order valence-electron chi connectivity index (χ2n) is 7.91. The molecule has 2 fully saturated rings. The topological polar surface area (TPSA) is 96.9 Å². The highest BCUT2D eigenvalue weighted by Gasteiger charge is 2.35. The molecular weight excluding hydrogens is 376 g/mol. The first-order valence-electron chi connectivity index (χ1n) is 10.3. The predicted octanol–water partition coefficient (Wildman–Crippen LogP) is 0.872. The van der Waals surface area contributed by atoms with Crippen LogP contribution in [0.2, 0.25) is 0 Å². The van der Waals surface area contributed by atoms with Crippen LogP contribution in [-0.4, -0.2) is 54.8 Å². The van der Waals surface area contributed by atoms with Gasteiger partial charge in [-0.15, -0.1) is 11.3 Å². The number of anilines is 1. The minimum atomic E-state index is -0.538. The molecule has 2 aliphatic heterocycles. The Balaban J connectivity index is 1.51. The van der Waals surface area contributed by atoms with Gasteiger partial charge in [0, 0.05) is 31.8 Å². The Morgan fingerprint density at radius 3 is 2.43 bits per heavy atom. The first kappa shape index (κ1) is 20.8. The fourth-order valence-corrected chi connectivity index (χ4v) is 5.02. The lowest BCUT2D eigenvalue weighted by Crippen LogP contribution is -3.17. The molecule has 1 aromatic rings. The van der Waals surface area contributed by atoms with E-state index in [0.29, 0.717) is 16.5 Å². The average Bonchev–Trinajstić information content (AvgIpc) is 2.99. The highest BCUT2D eigenvalue weighted by molar-refractivity contribution is 7.14. The molecule has 0 bridgehead atoms. The zero-order chi connectivity index (χ0) is 20.1. The van der Waals surface area contributed by atoms with Crippen molar-refractivity contribution in [3.63, 3.8) is 0 Å². The summed E-state index contributed by atoms with van der Waals surface area (Å²) in [5, 5.41) is 5.10. The molecule has 154 valence electrons. The van der Waals surface area contributed by atoms with E-state index >= 15 is 0 Å². The molecule has 0 radical (unpaired) electrons. The van der Waals surface area contributed by atoms with E-state index in [9.17, 15) is 14.4 Å². The Kier molecular flexibility index (Phi) is 7.07. The van der Waals surface area contributed by atoms with E-state index in [4.69, 9.17) is 5.73 Å². The maximum absolute atomic E-state index is 12.8. The molecular formula is C20H31N4O3S+. The summed E-state index contributed by atoms with van der Waals surface area (Å²) >= 11 is 1.30. The van der Waals surface area contributed by atoms with Crippen molar-refractivity contribution in [2.24, 2.45) is 11.7 Å². The number of quaternary nitrogens is 1. The Morgan fingerprint density at radius 1 is 1.18 bits per heavy atom. The van der Waals surface area contributed by atoms with Gasteiger partial charge >= 0.3 is 0 Å². The van der Waals surface area contributed by atoms with Gasteiger partial charge in [0.15, 0.2) is 6.04 Å². The van der Waals surface area contributed by atoms with E-state index in [2.05, 4.69) is 10.2 Å². The molecule has 3 amide bonds. The normalized spacial score (nSPS) is 24.2. The van der Waals surface area contributed by atoms with E-state index in [0.717, 1.165) is 51.9 Å². The molecule has 2 aliphatic rings. The van der Waals surface area contributed by atoms with E-state index < -0.39 is 5.91 Å². The van der Waals surface area contributed by atoms with Crippen molar-refractivity contribution in [3.05, 3.63) is 17.0 Å². The molecule has 0 unspecified atom stereocenters. The number of nitrogens with two attached hydrogens (primary N) is 1. The standard InChI is InChI=1S/C20H30N4O3S/c1-14(18(26)22-19-16(17(21)25)8-13-28-19)23-11-6-15(7-12-23)20(27)24-9-4-2-3-5-10-24/h8,13-15H,2-7,9-12H2,1H3,(H2,21,25)(H,22,26)/p+1/t14-/m1/s1. The highest BCUT2D eigenvalue weighted by atomic mass is 32.1. The summed E-state index contributed by atoms with van der Waals surface area (Å²) in [7, 11) is 0. The lowest BCUT2D eigenvalue weighted by molar-refractivity contribution is -0.919. The molecule has 0 saturated carbocycles. The van der Waals surface area contributed by atoms with Crippen LogP contribution < -0.4 is 16.0 Å². The van der Waals surface area contributed by atoms with Gasteiger partial charge in [0.05, 0.1) is 18.7 Å². The van der Waals surface area contributed by atoms with Gasteiger partial charge in [0.1, 0.15) is 5.00 Å². The average molecular weight is 408 g/mol. The molecule has 3 rings (SSSR count). The fourth-order valence-electron chi connectivity index (χ4n) is 4.22. The van der Waals surface area contributed by atoms with Crippen LogP contribution in [0.5, 0.6) is 0 Å². The Morgan fingerprint density at radius 2 is 1.82 bits per heavy atom. The maximum atomic E-state index is 12.8. The van der Waals surface area contributed by atoms with Crippen molar-refractivity contribution >= 4 is 34.1 Å². The molecule has 0 aliphatic carbocycles. The van der Waals surface area contributed by atoms with Crippen LogP contribution in [0, 0.1) is 5.92 Å². The summed E-state index contributed by atoms with van der Waals surface area (Å²) < 4.78 is 0. The summed E-state index contributed by atoms with van der Waals surface area (Å²) in [6.45, 7) is 5.32. The largest absolute Gasteiger partial charge is 0.366 e. The molecule has 1 aromatic heterocycles. The minimum Gasteiger partial charge on any atom is -0.366 e. The number of rotatable bonds is 5. The number of likely N-dealkylation sites (tertiary alicyclic amines) is 2. The molecule has 28 heavy (non-hydrogen) atoms. The van der Waals surface area contributed by atoms with Crippen LogP contribution in [0.1, 0.15) is 55.8 Å². The molecule has 3 heterocycles. The molecule has 4 N–H and O–H groups in total. The zero-order valence-corrected chi connectivity index (χ0v) is 17.4. The Bertz CT molecular complexity index is 704. The van der Waals surface area contributed by atoms with E-state index in [1.165, 1.54) is 29.1 Å². The quantitative estimate of drug-likeness (QED) is 0.676. The highest BCUT2D eigenvalue weighted by Crippen LogP contribution is 2.23. The van der Waals surface area contributed by atoms with Crippen molar-refractivity contribution in [2.45, 2.75) is 51.5 Å². The second-order valence-corrected chi connectivity index (χ2v) is 8.83. The van der Waals surface area contributed by atoms with E-state index in [1.807, 2.05) is 6.92 Å². The van der Waals surface area contributed by atoms with Crippen LogP contribution >= 0.6 is 11.3 Å². The van der Waals surface area contributed by atoms with Crippen molar-refractivity contribution in [2.75, 3.05) is 31.5 Å². The van der Waals surface area contributed by atoms with Crippen molar-refractivity contribution in [3.8, 4) is 0 Å². The predicted molar refractivity (Wildman–Crippen MR) is 109 cm³/mol. The van der Waals surface area contributed by atoms with Crippen molar-refractivity contribution in [1.29, 1.82) is 0 Å². The fraction of sp³-hybridized carbons (Fsp3) is 0.650. The first-order chi connectivity index (χ1) is 13.5. The smallest absolute Gasteiger partial charge is 0.282 e. The van der Waals surface area contributed by atoms with Crippen LogP contribution in [0.25, 0.3) is 0 Å². The summed E-state index contributed by atoms with van der Waals surface area (Å²) in [4.78, 5) is 40.1. The van der Waals surface area contributed by atoms with Crippen molar-refractivity contribution in [1.82, 2.24) is 4.90 Å². The zero-order valence-electron chi connectivity index (χ0n) is 16.5. The van der Waals surface area contributed by atoms with Crippen LogP contribution in [-0.2, 0) is 9.59 Å². The number of carbonyl (C=O) groups is 3. The van der Waals surface area contributed by atoms with Crippen LogP contribution in [0.3, 0.4) is 0 Å². The number of hydrogen-bond donors (Lipinski definition) is 3. The second kappa shape index (κ2) is 9.52. The molecule has 8 heteroatoms. The van der Waals surface area contributed by atoms with Gasteiger partial charge in [0.25, 0.3) is 11.8 Å². The number of thiophene rings is 1. The van der Waals surface area contributed by atoms with Gasteiger partial charge in [0.2, 0.25) is 5.91 Å². The monoisotopic (exact) mass is 407 g/mol. The number of primary amides is 1. The Labute approximate surface area is 170 Å². The summed E-state index contributed by atoms with van der Waals surface area (Å²) in [5.41, 5.74) is 5.69. The number of nitrogens with one attached hydrogen (secondary N) is 2. The van der Waals surface area contributed by atoms with Crippen molar-refractivity contribution < 1.29 is 19.3 Å². The van der Waals surface area contributed by atoms with Crippen LogP contribution in [0.4, 0.5) is 5.00 Å². The lowest BCUT2D eigenvalue weighted by atomic mass is 9.94. The lowest BCUT2D eigenvalue weighted by Gasteiger charge is -2.34. The number of amides is 3. The summed E-state index contributed by atoms with van der Waals surface area (Å²) in [6, 6.07) is 1.39. The van der Waals surface area contributed by atoms with Gasteiger partial charge in [-0.3, -0.25) is 14.4 Å². The SMILES string of the molecule is C[C@H](C(=O)Nc1sccc1C(N)=O)[NH+]1CCC(C(=O)N2CCCCCC2)CC1. The minimum absolute atomic E-state index is 0.0934. The number of nitrogens with zero attached hydrogens (tertiary/aromatic N) is 1. The number of piperidine rings is 1. The third-order valence-corrected chi connectivity index (χ3v) is 6.90. The summed E-state index contributed by atoms with van der Waals surface area (Å²) in [5.74, 6) is -0.250. The summed E-state index contributed by atoms with van der Waals surface area (Å²) in [6.07, 6.45) is 6.33. The molecule has 0 aromatic carbocycles. The maximum Gasteiger partial charge on any atom is 0.282 e. The molecule has 2 saturated heterocycles. The molecule has 7 nitrogen and oxygen atoms in total. The van der Waals surface area contributed by atoms with Gasteiger partial charge < -0.3 is 20.9 Å². The molecule has 1 atom stereocenters. The van der Waals surface area contributed by atoms with E-state index in [-0.39, 0.29) is 17.9 Å². The van der Waals surface area contributed by atoms with Gasteiger partial charge in [-0.25, -0.2) is 0 Å². The molecule has 0 spiro atoms.